The van der Waals surface area contributed by atoms with E-state index in [-0.39, 0.29) is 34.0 Å². The van der Waals surface area contributed by atoms with Crippen LogP contribution in [0, 0.1) is 11.6 Å². The van der Waals surface area contributed by atoms with Gasteiger partial charge in [0.2, 0.25) is 0 Å². The second-order valence-corrected chi connectivity index (χ2v) is 8.55. The van der Waals surface area contributed by atoms with Gasteiger partial charge >= 0.3 is 0 Å². The highest BCUT2D eigenvalue weighted by atomic mass is 35.5. The van der Waals surface area contributed by atoms with Crippen molar-refractivity contribution < 1.29 is 18.3 Å². The number of rotatable bonds is 4. The normalized spacial score (nSPS) is 19.2. The molecule has 1 aromatic heterocycles. The van der Waals surface area contributed by atoms with Gasteiger partial charge in [0.1, 0.15) is 5.01 Å². The Labute approximate surface area is 181 Å². The number of hydrogen-bond acceptors (Lipinski definition) is 6. The number of anilines is 1. The van der Waals surface area contributed by atoms with E-state index in [1.54, 1.807) is 29.2 Å². The van der Waals surface area contributed by atoms with Crippen LogP contribution in [0.5, 0.6) is 0 Å². The van der Waals surface area contributed by atoms with Gasteiger partial charge in [0.25, 0.3) is 0 Å². The van der Waals surface area contributed by atoms with Crippen molar-refractivity contribution in [2.75, 3.05) is 18.0 Å². The van der Waals surface area contributed by atoms with Crippen molar-refractivity contribution in [3.8, 4) is 21.1 Å². The number of hydrogen-bond donors (Lipinski definition) is 0. The van der Waals surface area contributed by atoms with Crippen molar-refractivity contribution in [2.24, 2.45) is 0 Å². The number of benzene rings is 2. The number of ether oxygens (including phenoxy) is 1. The van der Waals surface area contributed by atoms with E-state index in [9.17, 15) is 4.79 Å². The first kappa shape index (κ1) is 20.8. The largest absolute Gasteiger partial charge is 0.372 e. The van der Waals surface area contributed by atoms with E-state index in [4.69, 9.17) is 16.3 Å². The van der Waals surface area contributed by atoms with E-state index in [2.05, 4.69) is 10.2 Å². The third-order valence-electron chi connectivity index (χ3n) is 4.83. The summed E-state index contributed by atoms with van der Waals surface area (Å²) >= 11 is 7.27. The number of nitrogens with zero attached hydrogens (tertiary/aromatic N) is 3. The number of halogens is 3. The predicted octanol–water partition coefficient (Wildman–Crippen LogP) is 5.23. The Morgan fingerprint density at radius 3 is 2.37 bits per heavy atom. The summed E-state index contributed by atoms with van der Waals surface area (Å²) in [4.78, 5) is 13.4. The molecular weight excluding hydrogens is 432 g/mol. The molecule has 1 saturated heterocycles. The first-order valence-corrected chi connectivity index (χ1v) is 10.5. The van der Waals surface area contributed by atoms with Gasteiger partial charge in [0.15, 0.2) is 22.9 Å². The second-order valence-electron chi connectivity index (χ2n) is 7.16. The van der Waals surface area contributed by atoms with Crippen LogP contribution in [0.3, 0.4) is 0 Å². The Balaban J connectivity index is 1.77. The van der Waals surface area contributed by atoms with E-state index >= 15 is 8.78 Å². The molecule has 156 valence electrons. The summed E-state index contributed by atoms with van der Waals surface area (Å²) in [5.41, 5.74) is 0.541. The maximum absolute atomic E-state index is 15.1. The molecule has 1 aliphatic rings. The molecule has 2 unspecified atom stereocenters. The predicted molar refractivity (Wildman–Crippen MR) is 113 cm³/mol. The van der Waals surface area contributed by atoms with Gasteiger partial charge in [0, 0.05) is 24.2 Å². The molecule has 1 aliphatic heterocycles. The monoisotopic (exact) mass is 449 g/mol. The second kappa shape index (κ2) is 8.37. The van der Waals surface area contributed by atoms with Gasteiger partial charge in [-0.15, -0.1) is 10.2 Å². The van der Waals surface area contributed by atoms with Crippen LogP contribution in [-0.4, -0.2) is 41.8 Å². The van der Waals surface area contributed by atoms with Gasteiger partial charge in [0.05, 0.1) is 28.5 Å². The number of morpholine rings is 1. The molecule has 0 radical (unpaired) electrons. The summed E-state index contributed by atoms with van der Waals surface area (Å²) in [7, 11) is 0. The topological polar surface area (TPSA) is 55.3 Å². The molecular formula is C21H18ClF2N3O2S. The van der Waals surface area contributed by atoms with Gasteiger partial charge in [-0.05, 0) is 26.0 Å². The SMILES string of the molecule is CC1CN(c2c(C=O)cc(-c3nnc(-c4ccccc4Cl)s3)c(F)c2F)CC(C)O1. The van der Waals surface area contributed by atoms with Crippen LogP contribution in [0.1, 0.15) is 24.2 Å². The zero-order valence-electron chi connectivity index (χ0n) is 16.2. The average molecular weight is 450 g/mol. The van der Waals surface area contributed by atoms with Gasteiger partial charge in [-0.2, -0.15) is 0 Å². The molecule has 0 bridgehead atoms. The Hall–Kier alpha value is -2.42. The highest BCUT2D eigenvalue weighted by molar-refractivity contribution is 7.18. The summed E-state index contributed by atoms with van der Waals surface area (Å²) < 4.78 is 35.9. The molecule has 9 heteroatoms. The third-order valence-corrected chi connectivity index (χ3v) is 6.15. The molecule has 0 N–H and O–H groups in total. The lowest BCUT2D eigenvalue weighted by Gasteiger charge is -2.37. The first-order valence-electron chi connectivity index (χ1n) is 9.35. The molecule has 2 heterocycles. The Morgan fingerprint density at radius 1 is 1.10 bits per heavy atom. The zero-order chi connectivity index (χ0) is 21.4. The van der Waals surface area contributed by atoms with Crippen molar-refractivity contribution in [3.05, 3.63) is 52.6 Å². The maximum Gasteiger partial charge on any atom is 0.183 e. The van der Waals surface area contributed by atoms with Gasteiger partial charge < -0.3 is 9.64 Å². The summed E-state index contributed by atoms with van der Waals surface area (Å²) in [5.74, 6) is -2.14. The minimum Gasteiger partial charge on any atom is -0.372 e. The van der Waals surface area contributed by atoms with Crippen molar-refractivity contribution >= 4 is 34.9 Å². The molecule has 2 atom stereocenters. The van der Waals surface area contributed by atoms with Gasteiger partial charge in [-0.25, -0.2) is 8.78 Å². The maximum atomic E-state index is 15.1. The van der Waals surface area contributed by atoms with E-state index in [1.807, 2.05) is 13.8 Å². The quantitative estimate of drug-likeness (QED) is 0.510. The number of aldehydes is 1. The summed E-state index contributed by atoms with van der Waals surface area (Å²) in [5, 5.41) is 9.18. The summed E-state index contributed by atoms with van der Waals surface area (Å²) in [6, 6.07) is 8.38. The minimum atomic E-state index is -1.08. The van der Waals surface area contributed by atoms with Crippen molar-refractivity contribution in [1.29, 1.82) is 0 Å². The Kier molecular flexibility index (Phi) is 5.81. The first-order chi connectivity index (χ1) is 14.4. The fourth-order valence-corrected chi connectivity index (χ4v) is 4.81. The number of carbonyl (C=O) groups excluding carboxylic acids is 1. The number of aromatic nitrogens is 2. The van der Waals surface area contributed by atoms with Crippen LogP contribution in [-0.2, 0) is 4.74 Å². The summed E-state index contributed by atoms with van der Waals surface area (Å²) in [6.45, 7) is 4.42. The van der Waals surface area contributed by atoms with Crippen LogP contribution < -0.4 is 4.90 Å². The molecule has 0 amide bonds. The molecule has 0 aliphatic carbocycles. The van der Waals surface area contributed by atoms with Crippen LogP contribution in [0.4, 0.5) is 14.5 Å². The number of carbonyl (C=O) groups is 1. The fourth-order valence-electron chi connectivity index (χ4n) is 3.64. The average Bonchev–Trinajstić information content (AvgIpc) is 3.19. The van der Waals surface area contributed by atoms with Crippen molar-refractivity contribution in [3.63, 3.8) is 0 Å². The molecule has 4 rings (SSSR count). The lowest BCUT2D eigenvalue weighted by atomic mass is 10.1. The smallest absolute Gasteiger partial charge is 0.183 e. The fraction of sp³-hybridized carbons (Fsp3) is 0.286. The minimum absolute atomic E-state index is 0.0518. The van der Waals surface area contributed by atoms with E-state index in [0.717, 1.165) is 11.3 Å². The molecule has 3 aromatic rings. The zero-order valence-corrected chi connectivity index (χ0v) is 17.8. The highest BCUT2D eigenvalue weighted by Gasteiger charge is 2.30. The third kappa shape index (κ3) is 3.82. The van der Waals surface area contributed by atoms with Gasteiger partial charge in [-0.1, -0.05) is 41.1 Å². The molecule has 2 aromatic carbocycles. The van der Waals surface area contributed by atoms with Gasteiger partial charge in [-0.3, -0.25) is 4.79 Å². The highest BCUT2D eigenvalue weighted by Crippen LogP contribution is 2.38. The van der Waals surface area contributed by atoms with Crippen molar-refractivity contribution in [2.45, 2.75) is 26.1 Å². The van der Waals surface area contributed by atoms with Crippen LogP contribution in [0.15, 0.2) is 30.3 Å². The van der Waals surface area contributed by atoms with Crippen molar-refractivity contribution in [1.82, 2.24) is 10.2 Å². The van der Waals surface area contributed by atoms with Crippen LogP contribution in [0.25, 0.3) is 21.1 Å². The lowest BCUT2D eigenvalue weighted by Crippen LogP contribution is -2.46. The van der Waals surface area contributed by atoms with Crippen LogP contribution >= 0.6 is 22.9 Å². The molecule has 1 fully saturated rings. The Morgan fingerprint density at radius 2 is 1.73 bits per heavy atom. The lowest BCUT2D eigenvalue weighted by molar-refractivity contribution is -0.00546. The Bertz CT molecular complexity index is 1100. The van der Waals surface area contributed by atoms with E-state index in [1.165, 1.54) is 6.07 Å². The molecule has 0 saturated carbocycles. The molecule has 0 spiro atoms. The summed E-state index contributed by atoms with van der Waals surface area (Å²) in [6.07, 6.45) is 0.191. The van der Waals surface area contributed by atoms with E-state index in [0.29, 0.717) is 35.0 Å². The van der Waals surface area contributed by atoms with Crippen LogP contribution in [0.2, 0.25) is 5.02 Å². The van der Waals surface area contributed by atoms with E-state index < -0.39 is 11.6 Å². The molecule has 5 nitrogen and oxygen atoms in total. The molecule has 30 heavy (non-hydrogen) atoms. The standard InChI is InChI=1S/C21H18ClF2N3O2S/c1-11-8-27(9-12(2)29-11)19-13(10-28)7-15(17(23)18(19)24)21-26-25-20(30-21)14-5-3-4-6-16(14)22/h3-7,10-12H,8-9H2,1-2H3.